The first-order valence-corrected chi connectivity index (χ1v) is 8.70. The van der Waals surface area contributed by atoms with Crippen molar-refractivity contribution in [2.45, 2.75) is 26.2 Å². The Kier molecular flexibility index (Phi) is 5.20. The lowest BCUT2D eigenvalue weighted by molar-refractivity contribution is -0.137. The number of hydrogen-bond donors (Lipinski definition) is 0. The first-order chi connectivity index (χ1) is 11.9. The summed E-state index contributed by atoms with van der Waals surface area (Å²) in [6.45, 7) is 4.15. The smallest absolute Gasteiger partial charge is 0.416 e. The van der Waals surface area contributed by atoms with Crippen LogP contribution < -0.4 is 0 Å². The third-order valence-electron chi connectivity index (χ3n) is 4.13. The molecular weight excluding hydrogens is 395 g/mol. The van der Waals surface area contributed by atoms with Crippen LogP contribution in [-0.4, -0.2) is 11.4 Å². The summed E-state index contributed by atoms with van der Waals surface area (Å²) >= 11 is 3.46. The summed E-state index contributed by atoms with van der Waals surface area (Å²) in [7, 11) is 0. The molecule has 2 aromatic carbocycles. The van der Waals surface area contributed by atoms with Crippen LogP contribution in [0.1, 0.15) is 23.6 Å². The minimum absolute atomic E-state index is 0.596. The van der Waals surface area contributed by atoms with Gasteiger partial charge in [0.2, 0.25) is 0 Å². The van der Waals surface area contributed by atoms with Crippen LogP contribution in [0.3, 0.4) is 0 Å². The molecule has 3 rings (SSSR count). The fraction of sp³-hybridized carbons (Fsp3) is 0.263. The minimum atomic E-state index is -4.30. The van der Waals surface area contributed by atoms with E-state index in [1.807, 2.05) is 19.1 Å². The van der Waals surface area contributed by atoms with Crippen LogP contribution >= 0.6 is 15.9 Å². The highest BCUT2D eigenvalue weighted by Gasteiger charge is 2.29. The summed E-state index contributed by atoms with van der Waals surface area (Å²) in [5.41, 5.74) is 2.19. The number of fused-ring (bicyclic) bond motifs is 1. The van der Waals surface area contributed by atoms with Gasteiger partial charge in [0.25, 0.3) is 0 Å². The average Bonchev–Trinajstić information content (AvgIpc) is 2.95. The van der Waals surface area contributed by atoms with Gasteiger partial charge in [-0.15, -0.1) is 0 Å². The van der Waals surface area contributed by atoms with E-state index in [9.17, 15) is 13.2 Å². The summed E-state index contributed by atoms with van der Waals surface area (Å²) in [5.74, 6) is 0. The van der Waals surface area contributed by atoms with Crippen LogP contribution in [0.5, 0.6) is 0 Å². The quantitative estimate of drug-likeness (QED) is 0.494. The molecule has 6 heteroatoms. The van der Waals surface area contributed by atoms with Gasteiger partial charge in [-0.1, -0.05) is 25.1 Å². The zero-order valence-electron chi connectivity index (χ0n) is 13.6. The third-order valence-corrected chi connectivity index (χ3v) is 4.75. The molecule has 0 radical (unpaired) electrons. The van der Waals surface area contributed by atoms with Crippen LogP contribution in [0.25, 0.3) is 11.0 Å². The Bertz CT molecular complexity index is 855. The summed E-state index contributed by atoms with van der Waals surface area (Å²) in [6.07, 6.45) is -2.63. The van der Waals surface area contributed by atoms with E-state index in [1.165, 1.54) is 0 Å². The van der Waals surface area contributed by atoms with Crippen LogP contribution in [-0.2, 0) is 19.3 Å². The third kappa shape index (κ3) is 4.25. The Balaban J connectivity index is 1.72. The van der Waals surface area contributed by atoms with Crippen molar-refractivity contribution in [3.8, 4) is 0 Å². The Hall–Kier alpha value is -1.79. The van der Waals surface area contributed by atoms with Gasteiger partial charge < -0.3 is 4.42 Å². The van der Waals surface area contributed by atoms with E-state index in [0.717, 1.165) is 45.2 Å². The second-order valence-corrected chi connectivity index (χ2v) is 6.77. The van der Waals surface area contributed by atoms with Gasteiger partial charge in [0.1, 0.15) is 11.8 Å². The predicted octanol–water partition coefficient (Wildman–Crippen LogP) is 6.24. The van der Waals surface area contributed by atoms with E-state index in [2.05, 4.69) is 26.9 Å². The number of benzene rings is 2. The molecule has 0 fully saturated rings. The van der Waals surface area contributed by atoms with Gasteiger partial charge >= 0.3 is 6.18 Å². The lowest BCUT2D eigenvalue weighted by atomic mass is 10.1. The highest BCUT2D eigenvalue weighted by Crippen LogP contribution is 2.30. The number of alkyl halides is 3. The Morgan fingerprint density at radius 3 is 2.28 bits per heavy atom. The Morgan fingerprint density at radius 2 is 1.64 bits per heavy atom. The fourth-order valence-corrected chi connectivity index (χ4v) is 3.14. The summed E-state index contributed by atoms with van der Waals surface area (Å²) < 4.78 is 44.3. The van der Waals surface area contributed by atoms with Crippen molar-refractivity contribution in [1.82, 2.24) is 4.90 Å². The van der Waals surface area contributed by atoms with Gasteiger partial charge in [-0.05, 0) is 57.9 Å². The fourth-order valence-electron chi connectivity index (χ4n) is 2.74. The van der Waals surface area contributed by atoms with Gasteiger partial charge in [0, 0.05) is 18.5 Å². The topological polar surface area (TPSA) is 16.4 Å². The maximum Gasteiger partial charge on any atom is 0.416 e. The van der Waals surface area contributed by atoms with E-state index >= 15 is 0 Å². The molecule has 0 aliphatic carbocycles. The summed E-state index contributed by atoms with van der Waals surface area (Å²) in [6, 6.07) is 11.4. The largest absolute Gasteiger partial charge is 0.463 e. The van der Waals surface area contributed by atoms with E-state index in [-0.39, 0.29) is 0 Å². The number of nitrogens with zero attached hydrogens (tertiary/aromatic N) is 1. The Morgan fingerprint density at radius 1 is 1.00 bits per heavy atom. The van der Waals surface area contributed by atoms with Crippen molar-refractivity contribution >= 4 is 26.9 Å². The molecule has 2 nitrogen and oxygen atoms in total. The highest BCUT2D eigenvalue weighted by atomic mass is 79.9. The van der Waals surface area contributed by atoms with Gasteiger partial charge in [-0.2, -0.15) is 13.2 Å². The zero-order chi connectivity index (χ0) is 18.0. The monoisotopic (exact) mass is 411 g/mol. The normalized spacial score (nSPS) is 12.2. The first kappa shape index (κ1) is 18.0. The predicted molar refractivity (Wildman–Crippen MR) is 95.1 cm³/mol. The molecule has 0 amide bonds. The maximum atomic E-state index is 12.6. The van der Waals surface area contributed by atoms with E-state index in [0.29, 0.717) is 13.1 Å². The van der Waals surface area contributed by atoms with Crippen molar-refractivity contribution in [2.75, 3.05) is 6.54 Å². The summed E-state index contributed by atoms with van der Waals surface area (Å²) in [4.78, 5) is 2.18. The SMILES string of the molecule is CCN(Cc1ccc(C(F)(F)F)cc1)Cc1ccc2occ(Br)c2c1. The van der Waals surface area contributed by atoms with Crippen LogP contribution in [0.2, 0.25) is 0 Å². The van der Waals surface area contributed by atoms with Crippen LogP contribution in [0.15, 0.2) is 57.6 Å². The molecule has 132 valence electrons. The molecule has 0 bridgehead atoms. The molecule has 0 saturated carbocycles. The van der Waals surface area contributed by atoms with E-state index in [1.54, 1.807) is 18.4 Å². The average molecular weight is 412 g/mol. The molecule has 25 heavy (non-hydrogen) atoms. The molecule has 0 aliphatic rings. The lowest BCUT2D eigenvalue weighted by Crippen LogP contribution is -2.22. The van der Waals surface area contributed by atoms with Crippen molar-refractivity contribution in [2.24, 2.45) is 0 Å². The van der Waals surface area contributed by atoms with Crippen LogP contribution in [0, 0.1) is 0 Å². The van der Waals surface area contributed by atoms with Crippen molar-refractivity contribution in [1.29, 1.82) is 0 Å². The zero-order valence-corrected chi connectivity index (χ0v) is 15.2. The number of halogens is 4. The van der Waals surface area contributed by atoms with E-state index < -0.39 is 11.7 Å². The van der Waals surface area contributed by atoms with Crippen molar-refractivity contribution < 1.29 is 17.6 Å². The lowest BCUT2D eigenvalue weighted by Gasteiger charge is -2.21. The van der Waals surface area contributed by atoms with E-state index in [4.69, 9.17) is 4.42 Å². The second-order valence-electron chi connectivity index (χ2n) is 5.91. The molecule has 0 atom stereocenters. The number of furan rings is 1. The number of rotatable bonds is 5. The van der Waals surface area contributed by atoms with Gasteiger partial charge in [0.15, 0.2) is 0 Å². The molecule has 1 aromatic heterocycles. The molecule has 0 aliphatic heterocycles. The molecule has 3 aromatic rings. The molecule has 0 N–H and O–H groups in total. The van der Waals surface area contributed by atoms with Crippen LogP contribution in [0.4, 0.5) is 13.2 Å². The van der Waals surface area contributed by atoms with Crippen molar-refractivity contribution in [3.63, 3.8) is 0 Å². The van der Waals surface area contributed by atoms with Gasteiger partial charge in [-0.25, -0.2) is 0 Å². The maximum absolute atomic E-state index is 12.6. The van der Waals surface area contributed by atoms with Gasteiger partial charge in [0.05, 0.1) is 10.0 Å². The standard InChI is InChI=1S/C19H17BrF3NO/c1-2-24(10-13-3-6-15(7-4-13)19(21,22)23)11-14-5-8-18-16(9-14)17(20)12-25-18/h3-9,12H,2,10-11H2,1H3. The highest BCUT2D eigenvalue weighted by molar-refractivity contribution is 9.10. The number of hydrogen-bond acceptors (Lipinski definition) is 2. The molecule has 0 unspecified atom stereocenters. The first-order valence-electron chi connectivity index (χ1n) is 7.91. The molecule has 1 heterocycles. The Labute approximate surface area is 152 Å². The molecular formula is C19H17BrF3NO. The summed E-state index contributed by atoms with van der Waals surface area (Å²) in [5, 5.41) is 1.02. The molecule has 0 saturated heterocycles. The minimum Gasteiger partial charge on any atom is -0.463 e. The second kappa shape index (κ2) is 7.22. The molecule has 0 spiro atoms. The van der Waals surface area contributed by atoms with Gasteiger partial charge in [-0.3, -0.25) is 4.90 Å². The van der Waals surface area contributed by atoms with Crippen molar-refractivity contribution in [3.05, 3.63) is 69.9 Å².